The van der Waals surface area contributed by atoms with Crippen molar-refractivity contribution < 1.29 is 27.5 Å². The topological polar surface area (TPSA) is 105 Å². The third-order valence-electron chi connectivity index (χ3n) is 7.98. The zero-order chi connectivity index (χ0) is 31.1. The molecule has 1 N–H and O–H groups in total. The van der Waals surface area contributed by atoms with E-state index in [1.807, 2.05) is 54.6 Å². The Bertz CT molecular complexity index is 1550. The minimum atomic E-state index is -3.90. The van der Waals surface area contributed by atoms with E-state index in [0.717, 1.165) is 58.3 Å². The van der Waals surface area contributed by atoms with Gasteiger partial charge in [-0.05, 0) is 48.2 Å². The van der Waals surface area contributed by atoms with Crippen molar-refractivity contribution in [3.8, 4) is 11.5 Å². The van der Waals surface area contributed by atoms with E-state index in [-0.39, 0.29) is 30.6 Å². The molecule has 1 aliphatic heterocycles. The molecule has 0 aromatic heterocycles. The normalized spacial score (nSPS) is 15.7. The number of amides is 2. The number of fused-ring (bicyclic) bond motifs is 1. The first kappa shape index (κ1) is 31.8. The zero-order valence-electron chi connectivity index (χ0n) is 24.8. The van der Waals surface area contributed by atoms with Gasteiger partial charge in [0, 0.05) is 29.5 Å². The Labute approximate surface area is 267 Å². The number of anilines is 1. The van der Waals surface area contributed by atoms with E-state index in [0.29, 0.717) is 24.7 Å². The molecule has 1 saturated carbocycles. The third kappa shape index (κ3) is 8.32. The lowest BCUT2D eigenvalue weighted by Crippen LogP contribution is -2.55. The molecule has 2 aliphatic rings. The second-order valence-corrected chi connectivity index (χ2v) is 14.1. The number of ether oxygens (including phenoxy) is 2. The average Bonchev–Trinajstić information content (AvgIpc) is 3.02. The number of rotatable bonds is 11. The van der Waals surface area contributed by atoms with Crippen molar-refractivity contribution in [2.75, 3.05) is 30.3 Å². The number of carbonyl (C=O) groups is 2. The summed E-state index contributed by atoms with van der Waals surface area (Å²) < 4.78 is 39.4. The molecule has 0 saturated heterocycles. The molecule has 3 aromatic rings. The molecule has 234 valence electrons. The Hall–Kier alpha value is -3.57. The molecule has 0 radical (unpaired) electrons. The van der Waals surface area contributed by atoms with Gasteiger partial charge < -0.3 is 19.7 Å². The molecule has 1 heterocycles. The van der Waals surface area contributed by atoms with Gasteiger partial charge in [-0.3, -0.25) is 13.9 Å². The van der Waals surface area contributed by atoms with Crippen LogP contribution in [-0.2, 0) is 32.6 Å². The maximum Gasteiger partial charge on any atom is 0.244 e. The number of nitrogens with one attached hydrogen (secondary N) is 1. The van der Waals surface area contributed by atoms with E-state index in [1.165, 1.54) is 4.90 Å². The maximum absolute atomic E-state index is 14.3. The van der Waals surface area contributed by atoms with Crippen LogP contribution in [-0.4, -0.2) is 63.2 Å². The van der Waals surface area contributed by atoms with Crippen molar-refractivity contribution >= 4 is 43.5 Å². The number of hydrogen-bond donors (Lipinski definition) is 1. The summed E-state index contributed by atoms with van der Waals surface area (Å²) in [6.45, 7) is 0.376. The van der Waals surface area contributed by atoms with E-state index >= 15 is 0 Å². The fraction of sp³-hybridized carbons (Fsp3) is 0.394. The lowest BCUT2D eigenvalue weighted by Gasteiger charge is -2.35. The van der Waals surface area contributed by atoms with Gasteiger partial charge in [0.25, 0.3) is 0 Å². The van der Waals surface area contributed by atoms with Gasteiger partial charge in [-0.1, -0.05) is 77.7 Å². The van der Waals surface area contributed by atoms with E-state index in [1.54, 1.807) is 18.2 Å². The maximum atomic E-state index is 14.3. The van der Waals surface area contributed by atoms with Crippen molar-refractivity contribution in [3.63, 3.8) is 0 Å². The Kier molecular flexibility index (Phi) is 10.5. The van der Waals surface area contributed by atoms with Crippen molar-refractivity contribution in [2.24, 2.45) is 0 Å². The summed E-state index contributed by atoms with van der Waals surface area (Å²) in [7, 11) is -3.90. The predicted molar refractivity (Wildman–Crippen MR) is 173 cm³/mol. The van der Waals surface area contributed by atoms with Crippen LogP contribution in [0.15, 0.2) is 77.3 Å². The molecule has 44 heavy (non-hydrogen) atoms. The first-order chi connectivity index (χ1) is 21.2. The van der Waals surface area contributed by atoms with E-state index in [4.69, 9.17) is 9.47 Å². The lowest BCUT2D eigenvalue weighted by atomic mass is 9.94. The average molecular weight is 685 g/mol. The monoisotopic (exact) mass is 683 g/mol. The first-order valence-electron chi connectivity index (χ1n) is 14.9. The van der Waals surface area contributed by atoms with Crippen LogP contribution >= 0.6 is 15.9 Å². The first-order valence-corrected chi connectivity index (χ1v) is 17.6. The number of sulfonamides is 1. The van der Waals surface area contributed by atoms with Gasteiger partial charge in [0.2, 0.25) is 21.8 Å². The van der Waals surface area contributed by atoms with Gasteiger partial charge in [0.1, 0.15) is 25.8 Å². The predicted octanol–water partition coefficient (Wildman–Crippen LogP) is 5.08. The second-order valence-electron chi connectivity index (χ2n) is 11.3. The molecule has 0 unspecified atom stereocenters. The molecule has 1 fully saturated rings. The lowest BCUT2D eigenvalue weighted by molar-refractivity contribution is -0.140. The summed E-state index contributed by atoms with van der Waals surface area (Å²) in [5, 5.41) is 3.22. The third-order valence-corrected chi connectivity index (χ3v) is 9.65. The molecule has 5 rings (SSSR count). The number of carbonyl (C=O) groups excluding carboxylic acids is 2. The molecule has 1 aliphatic carbocycles. The molecule has 9 nitrogen and oxygen atoms in total. The summed E-state index contributed by atoms with van der Waals surface area (Å²) >= 11 is 3.46. The molecular formula is C33H38BrN3O6S. The Morgan fingerprint density at radius 1 is 0.909 bits per heavy atom. The molecule has 2 amide bonds. The van der Waals surface area contributed by atoms with Gasteiger partial charge in [-0.25, -0.2) is 8.42 Å². The van der Waals surface area contributed by atoms with Crippen LogP contribution in [0.25, 0.3) is 0 Å². The quantitative estimate of drug-likeness (QED) is 0.303. The Balaban J connectivity index is 1.50. The van der Waals surface area contributed by atoms with Crippen molar-refractivity contribution in [1.82, 2.24) is 10.2 Å². The number of hydrogen-bond acceptors (Lipinski definition) is 6. The largest absolute Gasteiger partial charge is 0.486 e. The summed E-state index contributed by atoms with van der Waals surface area (Å²) in [6, 6.07) is 21.1. The fourth-order valence-electron chi connectivity index (χ4n) is 5.69. The molecular weight excluding hydrogens is 646 g/mol. The molecule has 1 atom stereocenters. The van der Waals surface area contributed by atoms with Gasteiger partial charge in [-0.2, -0.15) is 0 Å². The molecule has 3 aromatic carbocycles. The van der Waals surface area contributed by atoms with Gasteiger partial charge in [0.05, 0.1) is 11.9 Å². The molecule has 0 bridgehead atoms. The SMILES string of the molecule is CS(=O)(=O)N(CC(=O)N(Cc1ccc(Br)cc1)[C@@H](Cc1ccccc1)C(=O)NC1CCCCC1)c1ccc2c(c1)OCCO2. The highest BCUT2D eigenvalue weighted by Crippen LogP contribution is 2.35. The number of benzene rings is 3. The van der Waals surface area contributed by atoms with E-state index in [2.05, 4.69) is 21.2 Å². The minimum absolute atomic E-state index is 0.0457. The van der Waals surface area contributed by atoms with E-state index < -0.39 is 28.5 Å². The van der Waals surface area contributed by atoms with Crippen molar-refractivity contribution in [3.05, 3.63) is 88.4 Å². The van der Waals surface area contributed by atoms with Gasteiger partial charge in [0.15, 0.2) is 11.5 Å². The second kappa shape index (κ2) is 14.5. The highest BCUT2D eigenvalue weighted by Gasteiger charge is 2.34. The molecule has 0 spiro atoms. The number of halogens is 1. The van der Waals surface area contributed by atoms with Crippen LogP contribution in [0.2, 0.25) is 0 Å². The smallest absolute Gasteiger partial charge is 0.244 e. The summed E-state index contributed by atoms with van der Waals surface area (Å²) in [4.78, 5) is 29.9. The van der Waals surface area contributed by atoms with Crippen molar-refractivity contribution in [1.29, 1.82) is 0 Å². The fourth-order valence-corrected chi connectivity index (χ4v) is 6.79. The summed E-state index contributed by atoms with van der Waals surface area (Å²) in [6.07, 6.45) is 6.39. The van der Waals surface area contributed by atoms with Crippen LogP contribution in [0.5, 0.6) is 11.5 Å². The van der Waals surface area contributed by atoms with Crippen LogP contribution in [0.1, 0.15) is 43.2 Å². The van der Waals surface area contributed by atoms with Crippen LogP contribution in [0.3, 0.4) is 0 Å². The summed E-state index contributed by atoms with van der Waals surface area (Å²) in [5.74, 6) is 0.193. The van der Waals surface area contributed by atoms with Gasteiger partial charge in [-0.15, -0.1) is 0 Å². The summed E-state index contributed by atoms with van der Waals surface area (Å²) in [5.41, 5.74) is 1.99. The van der Waals surface area contributed by atoms with Gasteiger partial charge >= 0.3 is 0 Å². The number of nitrogens with zero attached hydrogens (tertiary/aromatic N) is 2. The highest BCUT2D eigenvalue weighted by atomic mass is 79.9. The van der Waals surface area contributed by atoms with Crippen LogP contribution < -0.4 is 19.1 Å². The van der Waals surface area contributed by atoms with Crippen LogP contribution in [0.4, 0.5) is 5.69 Å². The zero-order valence-corrected chi connectivity index (χ0v) is 27.2. The highest BCUT2D eigenvalue weighted by molar-refractivity contribution is 9.10. The Morgan fingerprint density at radius 2 is 1.59 bits per heavy atom. The van der Waals surface area contributed by atoms with Crippen LogP contribution in [0, 0.1) is 0 Å². The Morgan fingerprint density at radius 3 is 2.27 bits per heavy atom. The minimum Gasteiger partial charge on any atom is -0.486 e. The molecule has 11 heteroatoms. The van der Waals surface area contributed by atoms with Crippen molar-refractivity contribution in [2.45, 2.75) is 57.2 Å². The standard InChI is InChI=1S/C33H38BrN3O6S/c1-44(40,41)37(28-16-17-30-31(21-28)43-19-18-42-30)23-32(38)36(22-25-12-14-26(34)15-13-25)29(20-24-8-4-2-5-9-24)33(39)35-27-10-6-3-7-11-27/h2,4-5,8-9,12-17,21,27,29H,3,6-7,10-11,18-20,22-23H2,1H3,(H,35,39)/t29-/m0/s1. The van der Waals surface area contributed by atoms with E-state index in [9.17, 15) is 18.0 Å².